The third-order valence-electron chi connectivity index (χ3n) is 17.5. The smallest absolute Gasteiger partial charge is 0.261 e. The van der Waals surface area contributed by atoms with Crippen molar-refractivity contribution in [3.05, 3.63) is 168 Å². The van der Waals surface area contributed by atoms with Gasteiger partial charge in [-0.1, -0.05) is 25.3 Å². The number of likely N-dealkylation sites (tertiary alicyclic amines) is 1. The fraction of sp³-hybridized carbons (Fsp3) is 0.275. The van der Waals surface area contributed by atoms with E-state index in [0.29, 0.717) is 127 Å². The zero-order chi connectivity index (χ0) is 64.1. The van der Waals surface area contributed by atoms with E-state index in [2.05, 4.69) is 56.1 Å². The number of aromatic amines is 3. The van der Waals surface area contributed by atoms with Crippen LogP contribution >= 0.6 is 0 Å². The summed E-state index contributed by atoms with van der Waals surface area (Å²) in [4.78, 5) is 51.8. The quantitative estimate of drug-likeness (QED) is 0.0417. The molecule has 4 aromatic carbocycles. The van der Waals surface area contributed by atoms with E-state index in [-0.39, 0.29) is 71.5 Å². The van der Waals surface area contributed by atoms with Crippen molar-refractivity contribution in [3.8, 4) is 56.3 Å². The van der Waals surface area contributed by atoms with Crippen molar-refractivity contribution in [3.63, 3.8) is 0 Å². The number of nitrogens with one attached hydrogen (secondary N) is 6. The van der Waals surface area contributed by atoms with Gasteiger partial charge in [0.15, 0.2) is 5.82 Å². The minimum Gasteiger partial charge on any atom is -0.384 e. The van der Waals surface area contributed by atoms with Gasteiger partial charge in [0.1, 0.15) is 45.8 Å². The van der Waals surface area contributed by atoms with Gasteiger partial charge in [0.05, 0.1) is 64.0 Å². The zero-order valence-electron chi connectivity index (χ0n) is 51.2. The number of carbonyl (C=O) groups is 1. The van der Waals surface area contributed by atoms with Crippen LogP contribution in [-0.4, -0.2) is 144 Å². The second-order valence-electron chi connectivity index (χ2n) is 24.4. The molecule has 0 bridgehead atoms. The highest BCUT2D eigenvalue weighted by molar-refractivity contribution is 5.99. The first kappa shape index (κ1) is 60.5. The van der Waals surface area contributed by atoms with Crippen LogP contribution in [0.4, 0.5) is 49.1 Å². The molecule has 474 valence electrons. The van der Waals surface area contributed by atoms with E-state index in [1.807, 2.05) is 54.3 Å². The highest BCUT2D eigenvalue weighted by atomic mass is 19.3. The molecule has 9 heterocycles. The lowest BCUT2D eigenvalue weighted by Gasteiger charge is -2.37. The molecule has 0 spiro atoms. The number of likely N-dealkylation sites (N-methyl/N-ethyl adjacent to an activating group) is 2. The molecule has 0 unspecified atom stereocenters. The Morgan fingerprint density at radius 1 is 0.667 bits per heavy atom. The third-order valence-corrected chi connectivity index (χ3v) is 17.5. The van der Waals surface area contributed by atoms with E-state index < -0.39 is 29.2 Å². The van der Waals surface area contributed by atoms with Gasteiger partial charge in [-0.05, 0) is 117 Å². The second kappa shape index (κ2) is 25.2. The van der Waals surface area contributed by atoms with Crippen molar-refractivity contribution >= 4 is 67.2 Å². The van der Waals surface area contributed by atoms with Gasteiger partial charge in [0, 0.05) is 146 Å². The Kier molecular flexibility index (Phi) is 16.4. The van der Waals surface area contributed by atoms with Gasteiger partial charge < -0.3 is 35.8 Å². The van der Waals surface area contributed by atoms with Crippen LogP contribution in [0.1, 0.15) is 55.5 Å². The molecule has 93 heavy (non-hydrogen) atoms. The standard InChI is InChI=1S/C69H65F6N17O/c1-89(2)23-19-78-47-28-41(26-45(70)31-47)61-63-54(13-17-80-61)83-66(85-63)52-15-21-92(56-12-10-51(59(72)57(52)56)44-30-49(36-77-35-44)82-68(93)40-7-5-4-6-8-40)90(3)24-20-79-48-29-42(27-46(71)32-48)62-64-55(14-18-81-62)84-67(86-64)65-58-53(87-88-65)11-9-50(60(58)73)43-25-39(33-76-34-43)37-91-22-16-69(74,75)38-91/h9-15,17-18,25-36,40,78-79H,4-8,16,19-24,37-38H2,1-3H3,(H,82,93)(H,83,85)(H,84,86)(H,87,88). The molecule has 1 saturated heterocycles. The molecular formula is C69H65F6N17O. The predicted octanol–water partition coefficient (Wildman–Crippen LogP) is 13.3. The predicted molar refractivity (Wildman–Crippen MR) is 349 cm³/mol. The lowest BCUT2D eigenvalue weighted by atomic mass is 9.88. The Bertz CT molecular complexity index is 4690. The zero-order valence-corrected chi connectivity index (χ0v) is 51.2. The maximum absolute atomic E-state index is 18.0. The van der Waals surface area contributed by atoms with Crippen LogP contribution in [0.2, 0.25) is 0 Å². The van der Waals surface area contributed by atoms with Gasteiger partial charge in [-0.2, -0.15) is 5.10 Å². The minimum atomic E-state index is -2.75. The largest absolute Gasteiger partial charge is 0.384 e. The van der Waals surface area contributed by atoms with Gasteiger partial charge in [0.25, 0.3) is 5.92 Å². The van der Waals surface area contributed by atoms with E-state index in [0.717, 1.165) is 38.6 Å². The first-order valence-corrected chi connectivity index (χ1v) is 31.0. The number of hydrogen-bond acceptors (Lipinski definition) is 14. The fourth-order valence-corrected chi connectivity index (χ4v) is 12.9. The Morgan fingerprint density at radius 3 is 1.99 bits per heavy atom. The number of hydrogen-bond donors (Lipinski definition) is 6. The van der Waals surface area contributed by atoms with Crippen molar-refractivity contribution in [2.45, 2.75) is 51.0 Å². The average Bonchev–Trinajstić information content (AvgIpc) is 1.77. The summed E-state index contributed by atoms with van der Waals surface area (Å²) in [6.45, 7) is 2.44. The van der Waals surface area contributed by atoms with Crippen LogP contribution in [-0.2, 0) is 11.3 Å². The molecule has 0 atom stereocenters. The molecule has 1 aliphatic carbocycles. The van der Waals surface area contributed by atoms with E-state index >= 15 is 17.6 Å². The summed E-state index contributed by atoms with van der Waals surface area (Å²) in [6, 6.07) is 23.1. The maximum atomic E-state index is 18.0. The summed E-state index contributed by atoms with van der Waals surface area (Å²) in [5, 5.41) is 21.2. The monoisotopic (exact) mass is 1260 g/mol. The molecule has 7 aromatic heterocycles. The Morgan fingerprint density at radius 2 is 1.30 bits per heavy atom. The number of amides is 1. The number of carbonyl (C=O) groups excluding carboxylic acids is 1. The first-order chi connectivity index (χ1) is 45.1. The number of fused-ring (bicyclic) bond motifs is 4. The van der Waals surface area contributed by atoms with Crippen LogP contribution in [0.3, 0.4) is 0 Å². The summed E-state index contributed by atoms with van der Waals surface area (Å²) in [7, 11) is 5.81. The molecule has 0 radical (unpaired) electrons. The number of alkyl halides is 2. The fourth-order valence-electron chi connectivity index (χ4n) is 12.9. The number of hydrazine groups is 1. The van der Waals surface area contributed by atoms with Crippen molar-refractivity contribution in [2.24, 2.45) is 5.92 Å². The van der Waals surface area contributed by atoms with Gasteiger partial charge in [-0.25, -0.2) is 41.3 Å². The third kappa shape index (κ3) is 12.5. The molecule has 11 aromatic rings. The number of pyridine rings is 4. The topological polar surface area (TPSA) is 204 Å². The summed E-state index contributed by atoms with van der Waals surface area (Å²) in [5.74, 6) is -4.42. The summed E-state index contributed by atoms with van der Waals surface area (Å²) in [6.07, 6.45) is 15.9. The van der Waals surface area contributed by atoms with Crippen LogP contribution in [0.25, 0.3) is 94.8 Å². The number of halogens is 6. The molecule has 6 N–H and O–H groups in total. The van der Waals surface area contributed by atoms with E-state index in [4.69, 9.17) is 9.97 Å². The van der Waals surface area contributed by atoms with Gasteiger partial charge in [-0.15, -0.1) is 0 Å². The molecule has 2 aliphatic heterocycles. The summed E-state index contributed by atoms with van der Waals surface area (Å²) >= 11 is 0. The Balaban J connectivity index is 0.728. The van der Waals surface area contributed by atoms with E-state index in [1.54, 1.807) is 84.4 Å². The minimum absolute atomic E-state index is 0.0762. The summed E-state index contributed by atoms with van der Waals surface area (Å²) < 4.78 is 94.0. The number of benzene rings is 4. The van der Waals surface area contributed by atoms with Gasteiger partial charge >= 0.3 is 0 Å². The van der Waals surface area contributed by atoms with Gasteiger partial charge in [-0.3, -0.25) is 34.7 Å². The lowest BCUT2D eigenvalue weighted by molar-refractivity contribution is -0.120. The van der Waals surface area contributed by atoms with Crippen molar-refractivity contribution in [1.82, 2.24) is 64.9 Å². The summed E-state index contributed by atoms with van der Waals surface area (Å²) in [5.41, 5.74) is 9.25. The molecule has 3 aliphatic rings. The number of imidazole rings is 2. The van der Waals surface area contributed by atoms with Gasteiger partial charge in [0.2, 0.25) is 5.91 Å². The molecule has 18 nitrogen and oxygen atoms in total. The highest BCUT2D eigenvalue weighted by Gasteiger charge is 2.38. The molecule has 24 heteroatoms. The van der Waals surface area contributed by atoms with Crippen molar-refractivity contribution < 1.29 is 31.1 Å². The molecule has 1 saturated carbocycles. The number of nitrogens with zero attached hydrogens (tertiary/aromatic N) is 11. The number of aromatic nitrogens is 10. The number of rotatable bonds is 19. The molecule has 14 rings (SSSR count). The highest BCUT2D eigenvalue weighted by Crippen LogP contribution is 2.43. The first-order valence-electron chi connectivity index (χ1n) is 31.0. The van der Waals surface area contributed by atoms with Crippen LogP contribution in [0.5, 0.6) is 0 Å². The molecule has 1 amide bonds. The Hall–Kier alpha value is -10.0. The van der Waals surface area contributed by atoms with Crippen LogP contribution < -0.4 is 21.0 Å². The molecular weight excluding hydrogens is 1200 g/mol. The lowest BCUT2D eigenvalue weighted by Crippen LogP contribution is -2.44. The maximum Gasteiger partial charge on any atom is 0.261 e. The SMILES string of the molecule is CN(C)CCNc1cc(F)cc(-c2nccc3[nH]c(C4=CCN(N(C)CCNc5cc(F)cc(-c6nccc7[nH]c(-c8n[nH]c9ccc(-c%10cncc(CN%11CCC(F)(F)C%11)c%10)c(F)c89)nc67)c5)c5ccc(-c6cncc(NC(=O)C7CCCCC7)c6)c(F)c54)nc23)c1. The van der Waals surface area contributed by atoms with Crippen LogP contribution in [0.15, 0.2) is 128 Å². The van der Waals surface area contributed by atoms with Crippen LogP contribution in [0, 0.1) is 29.2 Å². The number of H-pyrrole nitrogens is 3. The van der Waals surface area contributed by atoms with E-state index in [9.17, 15) is 13.6 Å². The Labute approximate surface area is 530 Å². The number of anilines is 4. The van der Waals surface area contributed by atoms with E-state index in [1.165, 1.54) is 30.5 Å². The van der Waals surface area contributed by atoms with Crippen molar-refractivity contribution in [1.29, 1.82) is 0 Å². The average molecular weight is 1260 g/mol. The molecule has 2 fully saturated rings. The van der Waals surface area contributed by atoms with Crippen molar-refractivity contribution in [2.75, 3.05) is 87.9 Å². The normalized spacial score (nSPS) is 15.3. The second-order valence-corrected chi connectivity index (χ2v) is 24.4.